The molecule has 0 aromatic heterocycles. The Hall–Kier alpha value is -1.46. The van der Waals surface area contributed by atoms with Gasteiger partial charge in [0.2, 0.25) is 5.91 Å². The van der Waals surface area contributed by atoms with E-state index in [1.165, 1.54) is 6.07 Å². The number of piperazine rings is 1. The summed E-state index contributed by atoms with van der Waals surface area (Å²) in [7, 11) is 0. The van der Waals surface area contributed by atoms with Crippen molar-refractivity contribution < 1.29 is 14.3 Å². The van der Waals surface area contributed by atoms with E-state index in [9.17, 15) is 14.3 Å². The molecule has 0 radical (unpaired) electrons. The van der Waals surface area contributed by atoms with Crippen LogP contribution in [0.5, 0.6) is 0 Å². The summed E-state index contributed by atoms with van der Waals surface area (Å²) in [5.41, 5.74) is 0.598. The van der Waals surface area contributed by atoms with Crippen LogP contribution in [0, 0.1) is 5.82 Å². The number of halogens is 1. The number of carbonyl (C=O) groups is 1. The first-order chi connectivity index (χ1) is 10.6. The molecule has 1 aliphatic rings. The Morgan fingerprint density at radius 3 is 2.59 bits per heavy atom. The van der Waals surface area contributed by atoms with Gasteiger partial charge in [0.15, 0.2) is 0 Å². The molecule has 1 aromatic rings. The molecule has 1 saturated heterocycles. The molecule has 1 heterocycles. The zero-order valence-corrected chi connectivity index (χ0v) is 13.2. The quantitative estimate of drug-likeness (QED) is 0.869. The number of amides is 1. The summed E-state index contributed by atoms with van der Waals surface area (Å²) >= 11 is 0. The second kappa shape index (κ2) is 8.25. The van der Waals surface area contributed by atoms with Crippen molar-refractivity contribution in [2.75, 3.05) is 32.7 Å². The van der Waals surface area contributed by atoms with E-state index in [2.05, 4.69) is 4.90 Å². The van der Waals surface area contributed by atoms with Crippen LogP contribution >= 0.6 is 0 Å². The first kappa shape index (κ1) is 16.9. The Morgan fingerprint density at radius 1 is 1.27 bits per heavy atom. The Labute approximate surface area is 131 Å². The molecule has 122 valence electrons. The number of hydrogen-bond donors (Lipinski definition) is 1. The van der Waals surface area contributed by atoms with E-state index in [1.807, 2.05) is 11.8 Å². The highest BCUT2D eigenvalue weighted by atomic mass is 19.1. The molecule has 4 nitrogen and oxygen atoms in total. The second-order valence-corrected chi connectivity index (χ2v) is 5.83. The van der Waals surface area contributed by atoms with E-state index < -0.39 is 0 Å². The lowest BCUT2D eigenvalue weighted by molar-refractivity contribution is -0.133. The molecule has 0 bridgehead atoms. The van der Waals surface area contributed by atoms with E-state index in [4.69, 9.17) is 0 Å². The third-order valence-electron chi connectivity index (χ3n) is 4.23. The average molecular weight is 308 g/mol. The van der Waals surface area contributed by atoms with Crippen molar-refractivity contribution in [1.82, 2.24) is 9.80 Å². The molecule has 1 fully saturated rings. The van der Waals surface area contributed by atoms with Crippen molar-refractivity contribution in [1.29, 1.82) is 0 Å². The summed E-state index contributed by atoms with van der Waals surface area (Å²) in [6.07, 6.45) is 1.25. The lowest BCUT2D eigenvalue weighted by Crippen LogP contribution is -2.50. The molecule has 0 spiro atoms. The number of nitrogens with zero attached hydrogens (tertiary/aromatic N) is 2. The first-order valence-electron chi connectivity index (χ1n) is 8.01. The van der Waals surface area contributed by atoms with Crippen molar-refractivity contribution in [3.05, 3.63) is 35.6 Å². The summed E-state index contributed by atoms with van der Waals surface area (Å²) in [6, 6.07) is 6.61. The fourth-order valence-electron chi connectivity index (χ4n) is 2.71. The molecule has 22 heavy (non-hydrogen) atoms. The summed E-state index contributed by atoms with van der Waals surface area (Å²) in [5, 5.41) is 9.66. The van der Waals surface area contributed by atoms with E-state index in [0.29, 0.717) is 38.0 Å². The number of hydrogen-bond acceptors (Lipinski definition) is 3. The molecular formula is C17H25FN2O2. The van der Waals surface area contributed by atoms with Crippen LogP contribution in [0.25, 0.3) is 0 Å². The van der Waals surface area contributed by atoms with Gasteiger partial charge >= 0.3 is 0 Å². The van der Waals surface area contributed by atoms with Gasteiger partial charge in [-0.1, -0.05) is 25.1 Å². The van der Waals surface area contributed by atoms with Gasteiger partial charge in [-0.15, -0.1) is 0 Å². The fourth-order valence-corrected chi connectivity index (χ4v) is 2.71. The van der Waals surface area contributed by atoms with Gasteiger partial charge in [0.05, 0.1) is 6.10 Å². The monoisotopic (exact) mass is 308 g/mol. The van der Waals surface area contributed by atoms with Crippen LogP contribution in [-0.4, -0.2) is 59.6 Å². The molecule has 1 atom stereocenters. The zero-order chi connectivity index (χ0) is 15.9. The number of aliphatic hydroxyl groups excluding tert-OH is 1. The Balaban J connectivity index is 1.74. The predicted molar refractivity (Wildman–Crippen MR) is 84.0 cm³/mol. The van der Waals surface area contributed by atoms with Crippen molar-refractivity contribution >= 4 is 5.91 Å². The maximum atomic E-state index is 13.5. The summed E-state index contributed by atoms with van der Waals surface area (Å²) in [6.45, 7) is 5.60. The molecule has 1 aromatic carbocycles. The number of β-amino-alcohol motifs (C(OH)–C–C–N with tert-alkyl or cyclic N) is 1. The third-order valence-corrected chi connectivity index (χ3v) is 4.23. The standard InChI is InChI=1S/C17H25FN2O2/c1-2-15(21)13-19-9-11-20(12-10-19)17(22)8-7-14-5-3-4-6-16(14)18/h3-6,15,21H,2,7-13H2,1H3. The van der Waals surface area contributed by atoms with Crippen LogP contribution in [0.3, 0.4) is 0 Å². The van der Waals surface area contributed by atoms with Gasteiger partial charge in [0.1, 0.15) is 5.82 Å². The zero-order valence-electron chi connectivity index (χ0n) is 13.2. The number of aliphatic hydroxyl groups is 1. The number of benzene rings is 1. The van der Waals surface area contributed by atoms with E-state index >= 15 is 0 Å². The van der Waals surface area contributed by atoms with Crippen molar-refractivity contribution in [3.8, 4) is 0 Å². The molecule has 5 heteroatoms. The van der Waals surface area contributed by atoms with Gasteiger partial charge in [0, 0.05) is 39.1 Å². The Kier molecular flexibility index (Phi) is 6.34. The second-order valence-electron chi connectivity index (χ2n) is 5.83. The van der Waals surface area contributed by atoms with E-state index in [-0.39, 0.29) is 17.8 Å². The normalized spacial score (nSPS) is 17.5. The van der Waals surface area contributed by atoms with Crippen molar-refractivity contribution in [2.45, 2.75) is 32.3 Å². The maximum absolute atomic E-state index is 13.5. The van der Waals surface area contributed by atoms with Gasteiger partial charge in [-0.25, -0.2) is 4.39 Å². The van der Waals surface area contributed by atoms with Crippen LogP contribution in [0.1, 0.15) is 25.3 Å². The van der Waals surface area contributed by atoms with Crippen LogP contribution in [0.15, 0.2) is 24.3 Å². The lowest BCUT2D eigenvalue weighted by atomic mass is 10.1. The molecule has 1 amide bonds. The predicted octanol–water partition coefficient (Wildman–Crippen LogP) is 1.67. The molecule has 1 aliphatic heterocycles. The topological polar surface area (TPSA) is 43.8 Å². The maximum Gasteiger partial charge on any atom is 0.222 e. The molecule has 0 aliphatic carbocycles. The number of aryl methyl sites for hydroxylation is 1. The smallest absolute Gasteiger partial charge is 0.222 e. The molecule has 1 N–H and O–H groups in total. The van der Waals surface area contributed by atoms with Crippen LogP contribution in [0.2, 0.25) is 0 Å². The lowest BCUT2D eigenvalue weighted by Gasteiger charge is -2.35. The number of carbonyl (C=O) groups excluding carboxylic acids is 1. The van der Waals surface area contributed by atoms with E-state index in [0.717, 1.165) is 19.5 Å². The minimum absolute atomic E-state index is 0.0824. The van der Waals surface area contributed by atoms with Crippen molar-refractivity contribution in [3.63, 3.8) is 0 Å². The average Bonchev–Trinajstić information content (AvgIpc) is 2.54. The summed E-state index contributed by atoms with van der Waals surface area (Å²) < 4.78 is 13.5. The minimum Gasteiger partial charge on any atom is -0.392 e. The largest absolute Gasteiger partial charge is 0.392 e. The van der Waals surface area contributed by atoms with Gasteiger partial charge < -0.3 is 10.0 Å². The molecule has 1 unspecified atom stereocenters. The summed E-state index contributed by atoms with van der Waals surface area (Å²) in [5.74, 6) is -0.160. The molecule has 2 rings (SSSR count). The van der Waals surface area contributed by atoms with E-state index in [1.54, 1.807) is 18.2 Å². The fraction of sp³-hybridized carbons (Fsp3) is 0.588. The summed E-state index contributed by atoms with van der Waals surface area (Å²) in [4.78, 5) is 16.2. The highest BCUT2D eigenvalue weighted by Gasteiger charge is 2.22. The Morgan fingerprint density at radius 2 is 1.95 bits per heavy atom. The van der Waals surface area contributed by atoms with Crippen LogP contribution < -0.4 is 0 Å². The number of rotatable bonds is 6. The molecular weight excluding hydrogens is 283 g/mol. The SMILES string of the molecule is CCC(O)CN1CCN(C(=O)CCc2ccccc2F)CC1. The van der Waals surface area contributed by atoms with Gasteiger partial charge in [-0.3, -0.25) is 9.69 Å². The van der Waals surface area contributed by atoms with Gasteiger partial charge in [-0.2, -0.15) is 0 Å². The first-order valence-corrected chi connectivity index (χ1v) is 8.01. The highest BCUT2D eigenvalue weighted by molar-refractivity contribution is 5.76. The molecule has 0 saturated carbocycles. The van der Waals surface area contributed by atoms with Gasteiger partial charge in [0.25, 0.3) is 0 Å². The highest BCUT2D eigenvalue weighted by Crippen LogP contribution is 2.11. The Bertz CT molecular complexity index is 487. The van der Waals surface area contributed by atoms with Crippen LogP contribution in [-0.2, 0) is 11.2 Å². The van der Waals surface area contributed by atoms with Gasteiger partial charge in [-0.05, 0) is 24.5 Å². The minimum atomic E-state index is -0.289. The third kappa shape index (κ3) is 4.78. The van der Waals surface area contributed by atoms with Crippen LogP contribution in [0.4, 0.5) is 4.39 Å². The van der Waals surface area contributed by atoms with Crippen molar-refractivity contribution in [2.24, 2.45) is 0 Å².